The number of nitrogens with zero attached hydrogens (tertiary/aromatic N) is 2. The van der Waals surface area contributed by atoms with Gasteiger partial charge in [0.05, 0.1) is 24.9 Å². The van der Waals surface area contributed by atoms with Crippen molar-refractivity contribution < 1.29 is 19.1 Å². The summed E-state index contributed by atoms with van der Waals surface area (Å²) < 4.78 is 11.2. The van der Waals surface area contributed by atoms with Crippen LogP contribution in [0.3, 0.4) is 0 Å². The lowest BCUT2D eigenvalue weighted by atomic mass is 10.0. The zero-order valence-electron chi connectivity index (χ0n) is 18.1. The first kappa shape index (κ1) is 20.9. The number of amides is 2. The lowest BCUT2D eigenvalue weighted by Gasteiger charge is -2.31. The van der Waals surface area contributed by atoms with Crippen molar-refractivity contribution in [1.82, 2.24) is 9.80 Å². The van der Waals surface area contributed by atoms with Gasteiger partial charge in [0.15, 0.2) is 0 Å². The number of imide groups is 1. The van der Waals surface area contributed by atoms with Crippen molar-refractivity contribution in [3.8, 4) is 5.75 Å². The zero-order chi connectivity index (χ0) is 21.1. The Morgan fingerprint density at radius 1 is 0.933 bits per heavy atom. The lowest BCUT2D eigenvalue weighted by molar-refractivity contribution is -0.140. The number of hydrogen-bond donors (Lipinski definition) is 0. The van der Waals surface area contributed by atoms with Crippen molar-refractivity contribution in [3.63, 3.8) is 0 Å². The molecular formula is C24H32N2O4. The molecule has 0 aromatic heterocycles. The van der Waals surface area contributed by atoms with Crippen LogP contribution in [0.5, 0.6) is 5.75 Å². The molecule has 3 aliphatic rings. The van der Waals surface area contributed by atoms with Crippen LogP contribution in [-0.4, -0.2) is 60.1 Å². The third-order valence-corrected chi connectivity index (χ3v) is 6.12. The molecule has 30 heavy (non-hydrogen) atoms. The molecule has 6 heteroatoms. The molecule has 4 rings (SSSR count). The SMILES string of the molecule is CC(C)Oc1ccc(C2=C(N3CCOCC3)C(=O)N(C3CCCCCC3)C2=O)cc1. The molecule has 6 nitrogen and oxygen atoms in total. The molecule has 0 spiro atoms. The highest BCUT2D eigenvalue weighted by Crippen LogP contribution is 2.36. The van der Waals surface area contributed by atoms with E-state index in [0.717, 1.165) is 37.0 Å². The summed E-state index contributed by atoms with van der Waals surface area (Å²) in [5, 5.41) is 0. The van der Waals surface area contributed by atoms with Gasteiger partial charge in [-0.15, -0.1) is 0 Å². The number of carbonyl (C=O) groups is 2. The molecular weight excluding hydrogens is 380 g/mol. The maximum atomic E-state index is 13.6. The van der Waals surface area contributed by atoms with E-state index in [1.54, 1.807) is 4.90 Å². The fourth-order valence-electron chi connectivity index (χ4n) is 4.70. The molecule has 2 heterocycles. The first-order valence-electron chi connectivity index (χ1n) is 11.3. The molecule has 0 N–H and O–H groups in total. The van der Waals surface area contributed by atoms with E-state index in [2.05, 4.69) is 0 Å². The van der Waals surface area contributed by atoms with Crippen LogP contribution in [0.1, 0.15) is 57.9 Å². The van der Waals surface area contributed by atoms with Crippen molar-refractivity contribution in [2.45, 2.75) is 64.5 Å². The van der Waals surface area contributed by atoms with E-state index in [1.807, 2.05) is 43.0 Å². The highest BCUT2D eigenvalue weighted by molar-refractivity contribution is 6.35. The van der Waals surface area contributed by atoms with E-state index >= 15 is 0 Å². The monoisotopic (exact) mass is 412 g/mol. The second kappa shape index (κ2) is 9.21. The minimum atomic E-state index is -0.147. The molecule has 1 aromatic rings. The fraction of sp³-hybridized carbons (Fsp3) is 0.583. The molecule has 0 atom stereocenters. The molecule has 0 bridgehead atoms. The minimum Gasteiger partial charge on any atom is -0.491 e. The zero-order valence-corrected chi connectivity index (χ0v) is 18.1. The second-order valence-electron chi connectivity index (χ2n) is 8.64. The summed E-state index contributed by atoms with van der Waals surface area (Å²) >= 11 is 0. The van der Waals surface area contributed by atoms with Gasteiger partial charge in [0.2, 0.25) is 0 Å². The van der Waals surface area contributed by atoms with Gasteiger partial charge in [-0.1, -0.05) is 37.8 Å². The number of rotatable bonds is 5. The summed E-state index contributed by atoms with van der Waals surface area (Å²) in [6, 6.07) is 7.56. The summed E-state index contributed by atoms with van der Waals surface area (Å²) in [6.45, 7) is 6.37. The van der Waals surface area contributed by atoms with Crippen LogP contribution in [0.4, 0.5) is 0 Å². The van der Waals surface area contributed by atoms with Crippen LogP contribution >= 0.6 is 0 Å². The van der Waals surface area contributed by atoms with Crippen molar-refractivity contribution in [3.05, 3.63) is 35.5 Å². The van der Waals surface area contributed by atoms with Gasteiger partial charge in [0.1, 0.15) is 11.4 Å². The molecule has 2 amide bonds. The number of morpholine rings is 1. The highest BCUT2D eigenvalue weighted by Gasteiger charge is 2.44. The van der Waals surface area contributed by atoms with E-state index in [-0.39, 0.29) is 24.0 Å². The maximum absolute atomic E-state index is 13.6. The number of hydrogen-bond acceptors (Lipinski definition) is 5. The standard InChI is InChI=1S/C24H32N2O4/c1-17(2)30-20-11-9-18(10-12-20)21-22(25-13-15-29-16-14-25)24(28)26(23(21)27)19-7-5-3-4-6-8-19/h9-12,17,19H,3-8,13-16H2,1-2H3. The minimum absolute atomic E-state index is 0.00425. The molecule has 2 fully saturated rings. The Kier molecular flexibility index (Phi) is 6.42. The van der Waals surface area contributed by atoms with E-state index in [9.17, 15) is 9.59 Å². The van der Waals surface area contributed by atoms with Crippen LogP contribution in [0.2, 0.25) is 0 Å². The van der Waals surface area contributed by atoms with Gasteiger partial charge in [0, 0.05) is 19.1 Å². The first-order valence-corrected chi connectivity index (χ1v) is 11.3. The number of ether oxygens (including phenoxy) is 2. The largest absolute Gasteiger partial charge is 0.491 e. The van der Waals surface area contributed by atoms with E-state index in [4.69, 9.17) is 9.47 Å². The number of benzene rings is 1. The molecule has 1 aliphatic carbocycles. The van der Waals surface area contributed by atoms with Crippen LogP contribution in [0.15, 0.2) is 30.0 Å². The smallest absolute Gasteiger partial charge is 0.278 e. The van der Waals surface area contributed by atoms with Crippen molar-refractivity contribution in [1.29, 1.82) is 0 Å². The summed E-state index contributed by atoms with van der Waals surface area (Å²) in [5.74, 6) is 0.483. The van der Waals surface area contributed by atoms with E-state index in [0.29, 0.717) is 37.6 Å². The Morgan fingerprint density at radius 3 is 2.17 bits per heavy atom. The molecule has 1 saturated heterocycles. The Hall–Kier alpha value is -2.34. The van der Waals surface area contributed by atoms with Crippen molar-refractivity contribution in [2.75, 3.05) is 26.3 Å². The Morgan fingerprint density at radius 2 is 1.57 bits per heavy atom. The van der Waals surface area contributed by atoms with E-state index in [1.165, 1.54) is 12.8 Å². The van der Waals surface area contributed by atoms with Crippen LogP contribution in [-0.2, 0) is 14.3 Å². The summed E-state index contributed by atoms with van der Waals surface area (Å²) in [6.07, 6.45) is 6.40. The summed E-state index contributed by atoms with van der Waals surface area (Å²) in [7, 11) is 0. The normalized spacial score (nSPS) is 21.6. The van der Waals surface area contributed by atoms with Crippen LogP contribution in [0.25, 0.3) is 5.57 Å². The molecule has 1 saturated carbocycles. The Bertz CT molecular complexity index is 801. The van der Waals surface area contributed by atoms with Gasteiger partial charge in [-0.3, -0.25) is 14.5 Å². The predicted octanol–water partition coefficient (Wildman–Crippen LogP) is 3.61. The highest BCUT2D eigenvalue weighted by atomic mass is 16.5. The van der Waals surface area contributed by atoms with Crippen molar-refractivity contribution in [2.24, 2.45) is 0 Å². The maximum Gasteiger partial charge on any atom is 0.278 e. The van der Waals surface area contributed by atoms with E-state index < -0.39 is 0 Å². The average molecular weight is 413 g/mol. The third kappa shape index (κ3) is 4.24. The molecule has 2 aliphatic heterocycles. The van der Waals surface area contributed by atoms with Crippen LogP contribution in [0, 0.1) is 0 Å². The topological polar surface area (TPSA) is 59.1 Å². The lowest BCUT2D eigenvalue weighted by Crippen LogP contribution is -2.44. The summed E-state index contributed by atoms with van der Waals surface area (Å²) in [4.78, 5) is 30.8. The van der Waals surface area contributed by atoms with Crippen molar-refractivity contribution >= 4 is 17.4 Å². The Balaban J connectivity index is 1.69. The quantitative estimate of drug-likeness (QED) is 0.546. The number of carbonyl (C=O) groups excluding carboxylic acids is 2. The average Bonchev–Trinajstić information content (AvgIpc) is 2.90. The molecule has 0 unspecified atom stereocenters. The Labute approximate surface area is 178 Å². The summed E-state index contributed by atoms with van der Waals surface area (Å²) in [5.41, 5.74) is 1.86. The first-order chi connectivity index (χ1) is 14.6. The van der Waals surface area contributed by atoms with Gasteiger partial charge in [-0.25, -0.2) is 0 Å². The van der Waals surface area contributed by atoms with Gasteiger partial charge < -0.3 is 14.4 Å². The molecule has 162 valence electrons. The van der Waals surface area contributed by atoms with Crippen LogP contribution < -0.4 is 4.74 Å². The third-order valence-electron chi connectivity index (χ3n) is 6.12. The molecule has 1 aromatic carbocycles. The van der Waals surface area contributed by atoms with Gasteiger partial charge in [-0.2, -0.15) is 0 Å². The van der Waals surface area contributed by atoms with Gasteiger partial charge in [0.25, 0.3) is 11.8 Å². The fourth-order valence-corrected chi connectivity index (χ4v) is 4.70. The van der Waals surface area contributed by atoms with Gasteiger partial charge >= 0.3 is 0 Å². The second-order valence-corrected chi connectivity index (χ2v) is 8.64. The van der Waals surface area contributed by atoms with Gasteiger partial charge in [-0.05, 0) is 44.4 Å². The molecule has 0 radical (unpaired) electrons. The predicted molar refractivity (Wildman–Crippen MR) is 115 cm³/mol.